The van der Waals surface area contributed by atoms with Gasteiger partial charge in [-0.1, -0.05) is 41.9 Å². The van der Waals surface area contributed by atoms with Gasteiger partial charge in [0.25, 0.3) is 5.89 Å². The fraction of sp³-hybridized carbons (Fsp3) is 0.0667. The molecule has 5 heteroatoms. The summed E-state index contributed by atoms with van der Waals surface area (Å²) in [5.41, 5.74) is 2.10. The molecule has 0 unspecified atom stereocenters. The maximum absolute atomic E-state index is 12.0. The SMILES string of the molecule is O=C(NCc1ccccc1Cl)c1nc2ccccc2o1. The first-order valence-corrected chi connectivity index (χ1v) is 6.49. The van der Waals surface area contributed by atoms with E-state index in [0.29, 0.717) is 22.7 Å². The molecule has 0 aliphatic heterocycles. The first-order chi connectivity index (χ1) is 9.74. The minimum atomic E-state index is -0.360. The van der Waals surface area contributed by atoms with Crippen molar-refractivity contribution >= 4 is 28.6 Å². The molecule has 4 nitrogen and oxygen atoms in total. The third-order valence-electron chi connectivity index (χ3n) is 2.89. The van der Waals surface area contributed by atoms with Gasteiger partial charge in [0.2, 0.25) is 0 Å². The van der Waals surface area contributed by atoms with Crippen molar-refractivity contribution in [3.8, 4) is 0 Å². The zero-order valence-corrected chi connectivity index (χ0v) is 11.2. The van der Waals surface area contributed by atoms with Crippen LogP contribution < -0.4 is 5.32 Å². The van der Waals surface area contributed by atoms with Gasteiger partial charge >= 0.3 is 5.91 Å². The highest BCUT2D eigenvalue weighted by molar-refractivity contribution is 6.31. The number of nitrogens with zero attached hydrogens (tertiary/aromatic N) is 1. The number of benzene rings is 2. The number of hydrogen-bond donors (Lipinski definition) is 1. The second kappa shape index (κ2) is 5.35. The summed E-state index contributed by atoms with van der Waals surface area (Å²) in [4.78, 5) is 16.1. The lowest BCUT2D eigenvalue weighted by atomic mass is 10.2. The molecule has 0 saturated heterocycles. The van der Waals surface area contributed by atoms with Crippen molar-refractivity contribution in [3.63, 3.8) is 0 Å². The van der Waals surface area contributed by atoms with Gasteiger partial charge < -0.3 is 9.73 Å². The molecule has 20 heavy (non-hydrogen) atoms. The molecule has 3 aromatic rings. The number of amides is 1. The van der Waals surface area contributed by atoms with E-state index in [1.165, 1.54) is 0 Å². The molecule has 0 aliphatic rings. The highest BCUT2D eigenvalue weighted by Gasteiger charge is 2.13. The number of carbonyl (C=O) groups excluding carboxylic acids is 1. The van der Waals surface area contributed by atoms with E-state index in [4.69, 9.17) is 16.0 Å². The molecule has 0 saturated carbocycles. The van der Waals surface area contributed by atoms with Gasteiger partial charge in [-0.05, 0) is 23.8 Å². The van der Waals surface area contributed by atoms with E-state index in [1.54, 1.807) is 18.2 Å². The lowest BCUT2D eigenvalue weighted by Gasteiger charge is -2.04. The van der Waals surface area contributed by atoms with Gasteiger partial charge in [0, 0.05) is 11.6 Å². The number of oxazole rings is 1. The van der Waals surface area contributed by atoms with Crippen LogP contribution in [0.1, 0.15) is 16.2 Å². The Balaban J connectivity index is 1.75. The molecule has 1 amide bonds. The number of rotatable bonds is 3. The molecular formula is C15H11ClN2O2. The Labute approximate surface area is 120 Å². The molecule has 100 valence electrons. The minimum Gasteiger partial charge on any atom is -0.432 e. The summed E-state index contributed by atoms with van der Waals surface area (Å²) in [6.07, 6.45) is 0. The van der Waals surface area contributed by atoms with Crippen LogP contribution in [-0.4, -0.2) is 10.9 Å². The Hall–Kier alpha value is -2.33. The van der Waals surface area contributed by atoms with Crippen molar-refractivity contribution in [2.45, 2.75) is 6.54 Å². The van der Waals surface area contributed by atoms with Gasteiger partial charge in [0.1, 0.15) is 5.52 Å². The summed E-state index contributed by atoms with van der Waals surface area (Å²) in [5.74, 6) is -0.306. The van der Waals surface area contributed by atoms with Gasteiger partial charge in [-0.2, -0.15) is 0 Å². The van der Waals surface area contributed by atoms with Crippen LogP contribution in [0.25, 0.3) is 11.1 Å². The number of halogens is 1. The van der Waals surface area contributed by atoms with Crippen LogP contribution >= 0.6 is 11.6 Å². The Bertz CT molecular complexity index is 734. The Morgan fingerprint density at radius 1 is 1.15 bits per heavy atom. The van der Waals surface area contributed by atoms with Crippen molar-refractivity contribution in [2.75, 3.05) is 0 Å². The second-order valence-electron chi connectivity index (χ2n) is 4.26. The molecule has 0 bridgehead atoms. The fourth-order valence-corrected chi connectivity index (χ4v) is 2.06. The number of aromatic nitrogens is 1. The van der Waals surface area contributed by atoms with E-state index in [-0.39, 0.29) is 11.8 Å². The number of fused-ring (bicyclic) bond motifs is 1. The van der Waals surface area contributed by atoms with Crippen LogP contribution in [0.4, 0.5) is 0 Å². The van der Waals surface area contributed by atoms with E-state index in [9.17, 15) is 4.79 Å². The fourth-order valence-electron chi connectivity index (χ4n) is 1.86. The van der Waals surface area contributed by atoms with Gasteiger partial charge in [-0.3, -0.25) is 4.79 Å². The molecule has 0 spiro atoms. The van der Waals surface area contributed by atoms with Crippen molar-refractivity contribution in [1.82, 2.24) is 10.3 Å². The largest absolute Gasteiger partial charge is 0.432 e. The Kier molecular flexibility index (Phi) is 3.39. The summed E-state index contributed by atoms with van der Waals surface area (Å²) in [6.45, 7) is 0.331. The average Bonchev–Trinajstić information content (AvgIpc) is 2.90. The average molecular weight is 287 g/mol. The molecule has 2 aromatic carbocycles. The summed E-state index contributed by atoms with van der Waals surface area (Å²) in [7, 11) is 0. The van der Waals surface area contributed by atoms with Crippen molar-refractivity contribution in [2.24, 2.45) is 0 Å². The molecular weight excluding hydrogens is 276 g/mol. The normalized spacial score (nSPS) is 10.7. The van der Waals surface area contributed by atoms with Crippen molar-refractivity contribution in [3.05, 3.63) is 65.0 Å². The molecule has 1 heterocycles. The Morgan fingerprint density at radius 2 is 1.90 bits per heavy atom. The molecule has 3 rings (SSSR count). The van der Waals surface area contributed by atoms with Gasteiger partial charge in [0.15, 0.2) is 5.58 Å². The monoisotopic (exact) mass is 286 g/mol. The molecule has 1 aromatic heterocycles. The predicted molar refractivity (Wildman–Crippen MR) is 76.6 cm³/mol. The maximum atomic E-state index is 12.0. The molecule has 1 N–H and O–H groups in total. The quantitative estimate of drug-likeness (QED) is 0.803. The molecule has 0 atom stereocenters. The zero-order chi connectivity index (χ0) is 13.9. The van der Waals surface area contributed by atoms with Crippen LogP contribution in [0.3, 0.4) is 0 Å². The third kappa shape index (κ3) is 2.51. The number of para-hydroxylation sites is 2. The lowest BCUT2D eigenvalue weighted by molar-refractivity contribution is 0.0918. The lowest BCUT2D eigenvalue weighted by Crippen LogP contribution is -2.23. The van der Waals surface area contributed by atoms with E-state index in [2.05, 4.69) is 10.3 Å². The summed E-state index contributed by atoms with van der Waals surface area (Å²) < 4.78 is 5.39. The van der Waals surface area contributed by atoms with E-state index in [1.807, 2.05) is 30.3 Å². The predicted octanol–water partition coefficient (Wildman–Crippen LogP) is 3.41. The summed E-state index contributed by atoms with van der Waals surface area (Å²) in [6, 6.07) is 14.6. The molecule has 0 aliphatic carbocycles. The standard InChI is InChI=1S/C15H11ClN2O2/c16-11-6-2-1-5-10(11)9-17-14(19)15-18-12-7-3-4-8-13(12)20-15/h1-8H,9H2,(H,17,19). The highest BCUT2D eigenvalue weighted by atomic mass is 35.5. The highest BCUT2D eigenvalue weighted by Crippen LogP contribution is 2.16. The topological polar surface area (TPSA) is 55.1 Å². The van der Waals surface area contributed by atoms with Crippen LogP contribution in [-0.2, 0) is 6.54 Å². The maximum Gasteiger partial charge on any atom is 0.307 e. The molecule has 0 fully saturated rings. The first-order valence-electron chi connectivity index (χ1n) is 6.11. The minimum absolute atomic E-state index is 0.0539. The van der Waals surface area contributed by atoms with Crippen molar-refractivity contribution < 1.29 is 9.21 Å². The number of nitrogens with one attached hydrogen (secondary N) is 1. The van der Waals surface area contributed by atoms with Crippen LogP contribution in [0.2, 0.25) is 5.02 Å². The van der Waals surface area contributed by atoms with E-state index < -0.39 is 0 Å². The van der Waals surface area contributed by atoms with Crippen molar-refractivity contribution in [1.29, 1.82) is 0 Å². The van der Waals surface area contributed by atoms with Crippen LogP contribution in [0, 0.1) is 0 Å². The number of carbonyl (C=O) groups is 1. The zero-order valence-electron chi connectivity index (χ0n) is 10.5. The second-order valence-corrected chi connectivity index (χ2v) is 4.67. The van der Waals surface area contributed by atoms with Gasteiger partial charge in [0.05, 0.1) is 0 Å². The first kappa shape index (κ1) is 12.7. The van der Waals surface area contributed by atoms with Gasteiger partial charge in [-0.25, -0.2) is 4.98 Å². The van der Waals surface area contributed by atoms with Gasteiger partial charge in [-0.15, -0.1) is 0 Å². The van der Waals surface area contributed by atoms with Crippen LogP contribution in [0.5, 0.6) is 0 Å². The molecule has 0 radical (unpaired) electrons. The van der Waals surface area contributed by atoms with E-state index >= 15 is 0 Å². The number of hydrogen-bond acceptors (Lipinski definition) is 3. The summed E-state index contributed by atoms with van der Waals surface area (Å²) in [5, 5.41) is 3.35. The summed E-state index contributed by atoms with van der Waals surface area (Å²) >= 11 is 6.03. The van der Waals surface area contributed by atoms with E-state index in [0.717, 1.165) is 5.56 Å². The van der Waals surface area contributed by atoms with Crippen LogP contribution in [0.15, 0.2) is 52.9 Å². The third-order valence-corrected chi connectivity index (χ3v) is 3.25. The Morgan fingerprint density at radius 3 is 2.70 bits per heavy atom. The smallest absolute Gasteiger partial charge is 0.307 e.